The summed E-state index contributed by atoms with van der Waals surface area (Å²) in [5.74, 6) is -0.489. The lowest BCUT2D eigenvalue weighted by atomic mass is 10.3. The number of carbonyl (C=O) groups is 1. The van der Waals surface area contributed by atoms with E-state index in [1.165, 1.54) is 6.92 Å². The first-order valence-electron chi connectivity index (χ1n) is 4.98. The van der Waals surface area contributed by atoms with Gasteiger partial charge in [-0.05, 0) is 18.2 Å². The first-order valence-corrected chi connectivity index (χ1v) is 7.27. The maximum absolute atomic E-state index is 13.2. The monoisotopic (exact) mass is 349 g/mol. The van der Waals surface area contributed by atoms with Crippen molar-refractivity contribution in [1.82, 2.24) is 0 Å². The summed E-state index contributed by atoms with van der Waals surface area (Å²) >= 11 is 10.2. The fourth-order valence-electron chi connectivity index (χ4n) is 1.23. The lowest BCUT2D eigenvalue weighted by Gasteiger charge is -2.17. The van der Waals surface area contributed by atoms with Gasteiger partial charge in [0.25, 0.3) is 5.63 Å². The van der Waals surface area contributed by atoms with Crippen LogP contribution in [0.15, 0.2) is 23.1 Å². The SMILES string of the molecule is CC(=O)Nc1ccc(S(=O)(=O)C(F)(F)C(F)Cl)cc1Cl. The van der Waals surface area contributed by atoms with Gasteiger partial charge in [0, 0.05) is 6.92 Å². The van der Waals surface area contributed by atoms with Gasteiger partial charge in [-0.2, -0.15) is 8.78 Å². The summed E-state index contributed by atoms with van der Waals surface area (Å²) in [6.07, 6.45) is 0. The molecule has 0 saturated heterocycles. The highest BCUT2D eigenvalue weighted by Crippen LogP contribution is 2.37. The van der Waals surface area contributed by atoms with Crippen molar-refractivity contribution < 1.29 is 26.4 Å². The highest BCUT2D eigenvalue weighted by molar-refractivity contribution is 7.92. The highest BCUT2D eigenvalue weighted by Gasteiger charge is 2.53. The van der Waals surface area contributed by atoms with Crippen LogP contribution in [0, 0.1) is 0 Å². The van der Waals surface area contributed by atoms with Crippen molar-refractivity contribution in [3.8, 4) is 0 Å². The molecule has 0 spiro atoms. The molecule has 1 amide bonds. The van der Waals surface area contributed by atoms with Gasteiger partial charge in [0.15, 0.2) is 0 Å². The van der Waals surface area contributed by atoms with E-state index in [-0.39, 0.29) is 10.7 Å². The molecule has 1 rings (SSSR count). The van der Waals surface area contributed by atoms with Gasteiger partial charge in [0.1, 0.15) is 0 Å². The molecule has 1 aromatic carbocycles. The van der Waals surface area contributed by atoms with Gasteiger partial charge in [-0.1, -0.05) is 23.2 Å². The second-order valence-corrected chi connectivity index (χ2v) is 6.50. The summed E-state index contributed by atoms with van der Waals surface area (Å²) < 4.78 is 62.2. The van der Waals surface area contributed by atoms with Crippen molar-refractivity contribution in [3.63, 3.8) is 0 Å². The van der Waals surface area contributed by atoms with Crippen LogP contribution in [-0.4, -0.2) is 25.2 Å². The second kappa shape index (κ2) is 5.79. The third kappa shape index (κ3) is 3.18. The fraction of sp³-hybridized carbons (Fsp3) is 0.300. The minimum absolute atomic E-state index is 0.0316. The average Bonchev–Trinajstić information content (AvgIpc) is 2.30. The molecular weight excluding hydrogens is 342 g/mol. The second-order valence-electron chi connectivity index (χ2n) is 3.69. The van der Waals surface area contributed by atoms with Gasteiger partial charge in [-0.15, -0.1) is 0 Å². The predicted octanol–water partition coefficient (Wildman–Crippen LogP) is 3.20. The molecule has 0 aliphatic heterocycles. The Kier molecular flexibility index (Phi) is 4.94. The van der Waals surface area contributed by atoms with E-state index in [2.05, 4.69) is 16.9 Å². The Balaban J connectivity index is 3.29. The Morgan fingerprint density at radius 1 is 1.40 bits per heavy atom. The summed E-state index contributed by atoms with van der Waals surface area (Å²) in [7, 11) is -5.34. The Morgan fingerprint density at radius 2 is 1.95 bits per heavy atom. The zero-order chi connectivity index (χ0) is 15.7. The van der Waals surface area contributed by atoms with Gasteiger partial charge >= 0.3 is 5.25 Å². The quantitative estimate of drug-likeness (QED) is 0.849. The number of amides is 1. The van der Waals surface area contributed by atoms with Crippen LogP contribution in [0.1, 0.15) is 6.92 Å². The first kappa shape index (κ1) is 17.1. The molecule has 0 saturated carbocycles. The largest absolute Gasteiger partial charge is 0.393 e. The number of anilines is 1. The van der Waals surface area contributed by atoms with Crippen LogP contribution in [0.3, 0.4) is 0 Å². The molecule has 0 aliphatic carbocycles. The van der Waals surface area contributed by atoms with Crippen LogP contribution in [0.5, 0.6) is 0 Å². The summed E-state index contributed by atoms with van der Waals surface area (Å²) in [6, 6.07) is 2.45. The van der Waals surface area contributed by atoms with E-state index in [0.29, 0.717) is 6.07 Å². The molecule has 0 heterocycles. The van der Waals surface area contributed by atoms with E-state index >= 15 is 0 Å². The number of hydrogen-bond acceptors (Lipinski definition) is 3. The number of hydrogen-bond donors (Lipinski definition) is 1. The topological polar surface area (TPSA) is 63.2 Å². The van der Waals surface area contributed by atoms with E-state index in [0.717, 1.165) is 12.1 Å². The summed E-state index contributed by atoms with van der Waals surface area (Å²) in [6.45, 7) is 1.18. The van der Waals surface area contributed by atoms with E-state index < -0.39 is 31.5 Å². The molecule has 1 aromatic rings. The summed E-state index contributed by atoms with van der Waals surface area (Å²) in [5, 5.41) is -2.83. The summed E-state index contributed by atoms with van der Waals surface area (Å²) in [5.41, 5.74) is -3.37. The molecule has 4 nitrogen and oxygen atoms in total. The molecule has 0 fully saturated rings. The molecule has 20 heavy (non-hydrogen) atoms. The number of carbonyl (C=O) groups excluding carboxylic acids is 1. The van der Waals surface area contributed by atoms with Crippen molar-refractivity contribution in [3.05, 3.63) is 23.2 Å². The first-order chi connectivity index (χ1) is 9.00. The number of benzene rings is 1. The molecule has 0 bridgehead atoms. The Morgan fingerprint density at radius 3 is 2.35 bits per heavy atom. The molecule has 10 heteroatoms. The van der Waals surface area contributed by atoms with Gasteiger partial charge in [-0.3, -0.25) is 4.79 Å². The number of rotatable bonds is 4. The maximum Gasteiger partial charge on any atom is 0.393 e. The highest BCUT2D eigenvalue weighted by atomic mass is 35.5. The fourth-order valence-corrected chi connectivity index (χ4v) is 2.94. The average molecular weight is 350 g/mol. The normalized spacial score (nSPS) is 13.9. The molecule has 0 aromatic heterocycles. The third-order valence-corrected chi connectivity index (χ3v) is 4.69. The van der Waals surface area contributed by atoms with Crippen molar-refractivity contribution in [1.29, 1.82) is 0 Å². The Bertz CT molecular complexity index is 635. The zero-order valence-electron chi connectivity index (χ0n) is 9.83. The van der Waals surface area contributed by atoms with Gasteiger partial charge < -0.3 is 5.32 Å². The lowest BCUT2D eigenvalue weighted by molar-refractivity contribution is -0.114. The van der Waals surface area contributed by atoms with Crippen molar-refractivity contribution >= 4 is 44.6 Å². The van der Waals surface area contributed by atoms with Crippen LogP contribution in [0.4, 0.5) is 18.9 Å². The molecule has 1 atom stereocenters. The van der Waals surface area contributed by atoms with E-state index in [1.54, 1.807) is 0 Å². The van der Waals surface area contributed by atoms with Crippen LogP contribution in [0.2, 0.25) is 5.02 Å². The number of nitrogens with one attached hydrogen (secondary N) is 1. The number of sulfone groups is 1. The molecule has 112 valence electrons. The van der Waals surface area contributed by atoms with E-state index in [4.69, 9.17) is 11.6 Å². The van der Waals surface area contributed by atoms with Crippen LogP contribution < -0.4 is 5.32 Å². The minimum Gasteiger partial charge on any atom is -0.325 e. The summed E-state index contributed by atoms with van der Waals surface area (Å²) in [4.78, 5) is 9.91. The van der Waals surface area contributed by atoms with Gasteiger partial charge in [-0.25, -0.2) is 12.8 Å². The zero-order valence-corrected chi connectivity index (χ0v) is 12.2. The van der Waals surface area contributed by atoms with Crippen molar-refractivity contribution in [2.24, 2.45) is 0 Å². The lowest BCUT2D eigenvalue weighted by Crippen LogP contribution is -2.35. The number of halogens is 5. The van der Waals surface area contributed by atoms with Crippen LogP contribution >= 0.6 is 23.2 Å². The minimum atomic E-state index is -5.34. The predicted molar refractivity (Wildman–Crippen MR) is 68.6 cm³/mol. The van der Waals surface area contributed by atoms with Crippen molar-refractivity contribution in [2.75, 3.05) is 5.32 Å². The molecule has 0 aliphatic rings. The van der Waals surface area contributed by atoms with Crippen LogP contribution in [-0.2, 0) is 14.6 Å². The third-order valence-electron chi connectivity index (χ3n) is 2.17. The van der Waals surface area contributed by atoms with Gasteiger partial charge in [0.05, 0.1) is 15.6 Å². The molecular formula is C10H8Cl2F3NO3S. The van der Waals surface area contributed by atoms with Crippen molar-refractivity contribution in [2.45, 2.75) is 22.7 Å². The van der Waals surface area contributed by atoms with E-state index in [1.807, 2.05) is 0 Å². The maximum atomic E-state index is 13.2. The smallest absolute Gasteiger partial charge is 0.325 e. The van der Waals surface area contributed by atoms with Gasteiger partial charge in [0.2, 0.25) is 15.7 Å². The molecule has 0 radical (unpaired) electrons. The van der Waals surface area contributed by atoms with E-state index in [9.17, 15) is 26.4 Å². The Hall–Kier alpha value is -0.990. The Labute approximate surface area is 122 Å². The van der Waals surface area contributed by atoms with Crippen LogP contribution in [0.25, 0.3) is 0 Å². The molecule has 1 unspecified atom stereocenters. The molecule has 1 N–H and O–H groups in total. The number of alkyl halides is 4. The standard InChI is InChI=1S/C10H8Cl2F3NO3S/c1-5(17)16-8-3-2-6(4-7(8)11)20(18,19)10(14,15)9(12)13/h2-4,9H,1H3,(H,16,17).